The van der Waals surface area contributed by atoms with Gasteiger partial charge in [0.2, 0.25) is 0 Å². The Kier molecular flexibility index (Phi) is 3.88. The molecular formula is C14H21N3S. The van der Waals surface area contributed by atoms with Crippen LogP contribution >= 0.6 is 11.3 Å². The number of hydrogen-bond acceptors (Lipinski definition) is 3. The van der Waals surface area contributed by atoms with E-state index in [2.05, 4.69) is 53.2 Å². The summed E-state index contributed by atoms with van der Waals surface area (Å²) in [6.07, 6.45) is 3.85. The van der Waals surface area contributed by atoms with Gasteiger partial charge in [-0.1, -0.05) is 26.8 Å². The Labute approximate surface area is 113 Å². The summed E-state index contributed by atoms with van der Waals surface area (Å²) in [6, 6.07) is 4.44. The van der Waals surface area contributed by atoms with Crippen molar-refractivity contribution in [1.29, 1.82) is 0 Å². The molecule has 2 heterocycles. The molecule has 2 rings (SSSR count). The molecule has 0 bridgehead atoms. The zero-order chi connectivity index (χ0) is 13.2. The number of thiophene rings is 1. The normalized spacial score (nSPS) is 13.8. The monoisotopic (exact) mass is 263 g/mol. The van der Waals surface area contributed by atoms with Crippen molar-refractivity contribution < 1.29 is 0 Å². The van der Waals surface area contributed by atoms with Gasteiger partial charge in [-0.25, -0.2) is 4.98 Å². The third kappa shape index (κ3) is 3.21. The van der Waals surface area contributed by atoms with Gasteiger partial charge in [0.15, 0.2) is 0 Å². The van der Waals surface area contributed by atoms with Crippen LogP contribution in [0.15, 0.2) is 29.9 Å². The predicted molar refractivity (Wildman–Crippen MR) is 76.8 cm³/mol. The number of hydrogen-bond donors (Lipinski definition) is 1. The maximum Gasteiger partial charge on any atom is 0.131 e. The zero-order valence-electron chi connectivity index (χ0n) is 11.5. The van der Waals surface area contributed by atoms with E-state index in [4.69, 9.17) is 0 Å². The first kappa shape index (κ1) is 13.3. The van der Waals surface area contributed by atoms with Gasteiger partial charge in [0, 0.05) is 30.9 Å². The van der Waals surface area contributed by atoms with E-state index in [1.54, 1.807) is 11.3 Å². The Bertz CT molecular complexity index is 479. The Morgan fingerprint density at radius 1 is 1.44 bits per heavy atom. The summed E-state index contributed by atoms with van der Waals surface area (Å²) in [5.41, 5.74) is 0.265. The SMILES string of the molecule is Cn1ccnc1C(NCC(C)(C)C)c1cccs1. The third-order valence-corrected chi connectivity index (χ3v) is 3.72. The van der Waals surface area contributed by atoms with Gasteiger partial charge >= 0.3 is 0 Å². The summed E-state index contributed by atoms with van der Waals surface area (Å²) in [5.74, 6) is 1.07. The lowest BCUT2D eigenvalue weighted by molar-refractivity contribution is 0.361. The minimum atomic E-state index is 0.184. The van der Waals surface area contributed by atoms with Crippen molar-refractivity contribution in [3.63, 3.8) is 0 Å². The lowest BCUT2D eigenvalue weighted by Gasteiger charge is -2.24. The van der Waals surface area contributed by atoms with Gasteiger partial charge in [0.05, 0.1) is 0 Å². The van der Waals surface area contributed by atoms with Crippen molar-refractivity contribution in [2.24, 2.45) is 12.5 Å². The Hall–Kier alpha value is -1.13. The maximum absolute atomic E-state index is 4.48. The molecule has 1 atom stereocenters. The van der Waals surface area contributed by atoms with Gasteiger partial charge in [-0.2, -0.15) is 0 Å². The van der Waals surface area contributed by atoms with Gasteiger partial charge in [-0.15, -0.1) is 11.3 Å². The van der Waals surface area contributed by atoms with Gasteiger partial charge in [0.1, 0.15) is 11.9 Å². The van der Waals surface area contributed by atoms with Gasteiger partial charge < -0.3 is 9.88 Å². The predicted octanol–water partition coefficient (Wildman–Crippen LogP) is 3.21. The third-order valence-electron chi connectivity index (χ3n) is 2.78. The average Bonchev–Trinajstić information content (AvgIpc) is 2.90. The molecule has 2 aromatic rings. The average molecular weight is 263 g/mol. The molecule has 18 heavy (non-hydrogen) atoms. The van der Waals surface area contributed by atoms with Crippen LogP contribution in [0.3, 0.4) is 0 Å². The standard InChI is InChI=1S/C14H21N3S/c1-14(2,3)10-16-12(11-6-5-9-18-11)13-15-7-8-17(13)4/h5-9,12,16H,10H2,1-4H3. The lowest BCUT2D eigenvalue weighted by atomic mass is 9.96. The molecule has 0 amide bonds. The van der Waals surface area contributed by atoms with E-state index in [0.29, 0.717) is 0 Å². The molecule has 1 unspecified atom stereocenters. The summed E-state index contributed by atoms with van der Waals surface area (Å²) < 4.78 is 2.08. The number of nitrogens with one attached hydrogen (secondary N) is 1. The van der Waals surface area contributed by atoms with Crippen LogP contribution in [-0.4, -0.2) is 16.1 Å². The fourth-order valence-corrected chi connectivity index (χ4v) is 2.63. The molecule has 0 aliphatic carbocycles. The van der Waals surface area contributed by atoms with Crippen molar-refractivity contribution >= 4 is 11.3 Å². The second-order valence-corrected chi connectivity index (χ2v) is 6.77. The van der Waals surface area contributed by atoms with Crippen molar-refractivity contribution in [3.05, 3.63) is 40.6 Å². The summed E-state index contributed by atoms with van der Waals surface area (Å²) in [6.45, 7) is 7.68. The summed E-state index contributed by atoms with van der Waals surface area (Å²) in [4.78, 5) is 5.79. The molecule has 4 heteroatoms. The number of nitrogens with zero attached hydrogens (tertiary/aromatic N) is 2. The fourth-order valence-electron chi connectivity index (χ4n) is 1.84. The molecule has 1 N–H and O–H groups in total. The Balaban J connectivity index is 2.22. The van der Waals surface area contributed by atoms with Crippen LogP contribution in [0.1, 0.15) is 37.5 Å². The van der Waals surface area contributed by atoms with Gasteiger partial charge in [-0.3, -0.25) is 0 Å². The molecule has 0 saturated heterocycles. The number of aromatic nitrogens is 2. The van der Waals surface area contributed by atoms with E-state index in [0.717, 1.165) is 12.4 Å². The molecule has 0 fully saturated rings. The highest BCUT2D eigenvalue weighted by Crippen LogP contribution is 2.25. The van der Waals surface area contributed by atoms with Crippen LogP contribution in [0.25, 0.3) is 0 Å². The topological polar surface area (TPSA) is 29.9 Å². The number of imidazole rings is 1. The van der Waals surface area contributed by atoms with Crippen molar-refractivity contribution in [3.8, 4) is 0 Å². The zero-order valence-corrected chi connectivity index (χ0v) is 12.3. The fraction of sp³-hybridized carbons (Fsp3) is 0.500. The van der Waals surface area contributed by atoms with Crippen LogP contribution in [-0.2, 0) is 7.05 Å². The van der Waals surface area contributed by atoms with Gasteiger partial charge in [-0.05, 0) is 16.9 Å². The molecule has 0 aromatic carbocycles. The summed E-state index contributed by atoms with van der Waals surface area (Å²) >= 11 is 1.77. The highest BCUT2D eigenvalue weighted by Gasteiger charge is 2.21. The maximum atomic E-state index is 4.48. The molecule has 98 valence electrons. The molecule has 0 aliphatic heterocycles. The van der Waals surface area contributed by atoms with Crippen LogP contribution in [0, 0.1) is 5.41 Å². The molecule has 0 spiro atoms. The molecule has 0 radical (unpaired) electrons. The highest BCUT2D eigenvalue weighted by atomic mass is 32.1. The second-order valence-electron chi connectivity index (χ2n) is 5.79. The summed E-state index contributed by atoms with van der Waals surface area (Å²) in [5, 5.41) is 5.75. The van der Waals surface area contributed by atoms with Crippen molar-refractivity contribution in [2.75, 3.05) is 6.54 Å². The van der Waals surface area contributed by atoms with Crippen LogP contribution in [0.4, 0.5) is 0 Å². The van der Waals surface area contributed by atoms with E-state index in [1.807, 2.05) is 19.4 Å². The van der Waals surface area contributed by atoms with E-state index in [-0.39, 0.29) is 11.5 Å². The number of aryl methyl sites for hydroxylation is 1. The first-order valence-electron chi connectivity index (χ1n) is 6.21. The Morgan fingerprint density at radius 3 is 2.72 bits per heavy atom. The second kappa shape index (κ2) is 5.24. The minimum absolute atomic E-state index is 0.184. The number of rotatable bonds is 4. The van der Waals surface area contributed by atoms with E-state index < -0.39 is 0 Å². The summed E-state index contributed by atoms with van der Waals surface area (Å²) in [7, 11) is 2.04. The van der Waals surface area contributed by atoms with Crippen molar-refractivity contribution in [2.45, 2.75) is 26.8 Å². The molecular weight excluding hydrogens is 242 g/mol. The quantitative estimate of drug-likeness (QED) is 0.918. The first-order valence-corrected chi connectivity index (χ1v) is 7.09. The highest BCUT2D eigenvalue weighted by molar-refractivity contribution is 7.10. The van der Waals surface area contributed by atoms with E-state index >= 15 is 0 Å². The van der Waals surface area contributed by atoms with Crippen LogP contribution < -0.4 is 5.32 Å². The molecule has 2 aromatic heterocycles. The van der Waals surface area contributed by atoms with E-state index in [9.17, 15) is 0 Å². The molecule has 0 saturated carbocycles. The largest absolute Gasteiger partial charge is 0.336 e. The lowest BCUT2D eigenvalue weighted by Crippen LogP contribution is -2.32. The van der Waals surface area contributed by atoms with E-state index in [1.165, 1.54) is 4.88 Å². The minimum Gasteiger partial charge on any atom is -0.336 e. The smallest absolute Gasteiger partial charge is 0.131 e. The first-order chi connectivity index (χ1) is 8.47. The Morgan fingerprint density at radius 2 is 2.22 bits per heavy atom. The van der Waals surface area contributed by atoms with Gasteiger partial charge in [0.25, 0.3) is 0 Å². The van der Waals surface area contributed by atoms with Crippen LogP contribution in [0.5, 0.6) is 0 Å². The van der Waals surface area contributed by atoms with Crippen LogP contribution in [0.2, 0.25) is 0 Å². The molecule has 0 aliphatic rings. The molecule has 3 nitrogen and oxygen atoms in total. The van der Waals surface area contributed by atoms with Crippen molar-refractivity contribution in [1.82, 2.24) is 14.9 Å².